The molecule has 0 bridgehead atoms. The Labute approximate surface area is 119 Å². The molecular weight excluding hydrogens is 253 g/mol. The molecule has 106 valence electrons. The van der Waals surface area contributed by atoms with Crippen LogP contribution in [-0.2, 0) is 0 Å². The number of piperazine rings is 1. The van der Waals surface area contributed by atoms with E-state index in [-0.39, 0.29) is 11.9 Å². The van der Waals surface area contributed by atoms with E-state index in [0.717, 1.165) is 37.4 Å². The third-order valence-electron chi connectivity index (χ3n) is 3.75. The molecule has 1 aromatic carbocycles. The van der Waals surface area contributed by atoms with Crippen LogP contribution in [0.1, 0.15) is 13.8 Å². The number of nitrogens with zero attached hydrogens (tertiary/aromatic N) is 3. The molecule has 1 heterocycles. The van der Waals surface area contributed by atoms with E-state index in [1.54, 1.807) is 0 Å². The van der Waals surface area contributed by atoms with Gasteiger partial charge >= 0.3 is 0 Å². The minimum absolute atomic E-state index is 0.196. The first-order valence-electron chi connectivity index (χ1n) is 6.93. The molecule has 0 saturated carbocycles. The van der Waals surface area contributed by atoms with Crippen molar-refractivity contribution in [2.45, 2.75) is 19.9 Å². The molecule has 1 unspecified atom stereocenters. The maximum Gasteiger partial charge on any atom is 0.123 e. The van der Waals surface area contributed by atoms with Gasteiger partial charge in [-0.3, -0.25) is 4.90 Å². The minimum atomic E-state index is -0.196. The van der Waals surface area contributed by atoms with Gasteiger partial charge in [0.2, 0.25) is 0 Å². The lowest BCUT2D eigenvalue weighted by Crippen LogP contribution is -2.49. The number of hydrogen-bond donors (Lipinski definition) is 0. The monoisotopic (exact) mass is 273 g/mol. The first-order valence-corrected chi connectivity index (χ1v) is 6.93. The molecule has 0 aliphatic carbocycles. The Balaban J connectivity index is 1.92. The van der Waals surface area contributed by atoms with Crippen LogP contribution in [0.25, 0.3) is 0 Å². The van der Waals surface area contributed by atoms with Crippen LogP contribution in [0.4, 0.5) is 10.1 Å². The van der Waals surface area contributed by atoms with Gasteiger partial charge in [-0.25, -0.2) is 4.39 Å². The summed E-state index contributed by atoms with van der Waals surface area (Å²) >= 11 is 0. The van der Waals surface area contributed by atoms with Crippen LogP contribution in [0.2, 0.25) is 0 Å². The quantitative estimate of drug-likeness (QED) is 0.793. The molecule has 1 atom stereocenters. The second kappa shape index (κ2) is 6.53. The SMILES string of the molecule is C/C(C#N)=C\C(C)N1CCN(c2ccc(F)cc2)CC1. The first-order chi connectivity index (χ1) is 9.60. The van der Waals surface area contributed by atoms with Crippen molar-refractivity contribution in [3.8, 4) is 6.07 Å². The van der Waals surface area contributed by atoms with Crippen molar-refractivity contribution in [2.24, 2.45) is 0 Å². The van der Waals surface area contributed by atoms with E-state index in [0.29, 0.717) is 0 Å². The number of allylic oxidation sites excluding steroid dienone is 1. The number of rotatable bonds is 3. The van der Waals surface area contributed by atoms with E-state index < -0.39 is 0 Å². The number of benzene rings is 1. The Kier molecular flexibility index (Phi) is 4.75. The van der Waals surface area contributed by atoms with E-state index >= 15 is 0 Å². The maximum absolute atomic E-state index is 12.9. The smallest absolute Gasteiger partial charge is 0.123 e. The normalized spacial score (nSPS) is 18.7. The van der Waals surface area contributed by atoms with Gasteiger partial charge in [-0.15, -0.1) is 0 Å². The molecule has 1 aliphatic heterocycles. The molecule has 1 aromatic rings. The zero-order chi connectivity index (χ0) is 14.5. The summed E-state index contributed by atoms with van der Waals surface area (Å²) in [7, 11) is 0. The summed E-state index contributed by atoms with van der Waals surface area (Å²) in [6.07, 6.45) is 2.01. The summed E-state index contributed by atoms with van der Waals surface area (Å²) in [5.41, 5.74) is 1.83. The number of nitriles is 1. The molecule has 0 N–H and O–H groups in total. The van der Waals surface area contributed by atoms with Crippen LogP contribution < -0.4 is 4.90 Å². The predicted octanol–water partition coefficient (Wildman–Crippen LogP) is 2.81. The maximum atomic E-state index is 12.9. The van der Waals surface area contributed by atoms with E-state index in [4.69, 9.17) is 5.26 Å². The summed E-state index contributed by atoms with van der Waals surface area (Å²) < 4.78 is 12.9. The molecule has 20 heavy (non-hydrogen) atoms. The molecule has 1 saturated heterocycles. The third kappa shape index (κ3) is 3.58. The van der Waals surface area contributed by atoms with Crippen LogP contribution >= 0.6 is 0 Å². The van der Waals surface area contributed by atoms with Crippen molar-refractivity contribution < 1.29 is 4.39 Å². The largest absolute Gasteiger partial charge is 0.369 e. The first kappa shape index (κ1) is 14.5. The van der Waals surface area contributed by atoms with Crippen LogP contribution in [0.3, 0.4) is 0 Å². The Morgan fingerprint density at radius 2 is 1.85 bits per heavy atom. The van der Waals surface area contributed by atoms with Crippen LogP contribution in [0.5, 0.6) is 0 Å². The number of halogens is 1. The Bertz CT molecular complexity index is 508. The fraction of sp³-hybridized carbons (Fsp3) is 0.438. The topological polar surface area (TPSA) is 30.3 Å². The zero-order valence-electron chi connectivity index (χ0n) is 12.0. The van der Waals surface area contributed by atoms with Gasteiger partial charge < -0.3 is 4.90 Å². The highest BCUT2D eigenvalue weighted by atomic mass is 19.1. The molecule has 1 aliphatic rings. The van der Waals surface area contributed by atoms with Crippen LogP contribution in [0, 0.1) is 17.1 Å². The van der Waals surface area contributed by atoms with Gasteiger partial charge in [-0.05, 0) is 38.1 Å². The molecule has 0 aromatic heterocycles. The molecular formula is C16H20FN3. The second-order valence-corrected chi connectivity index (χ2v) is 5.20. The van der Waals surface area contributed by atoms with Crippen molar-refractivity contribution >= 4 is 5.69 Å². The van der Waals surface area contributed by atoms with Crippen LogP contribution in [0.15, 0.2) is 35.9 Å². The summed E-state index contributed by atoms with van der Waals surface area (Å²) in [4.78, 5) is 4.63. The minimum Gasteiger partial charge on any atom is -0.369 e. The van der Waals surface area contributed by atoms with Gasteiger partial charge in [0, 0.05) is 43.5 Å². The van der Waals surface area contributed by atoms with Crippen molar-refractivity contribution in [1.82, 2.24) is 4.90 Å². The van der Waals surface area contributed by atoms with Gasteiger partial charge in [0.25, 0.3) is 0 Å². The highest BCUT2D eigenvalue weighted by molar-refractivity contribution is 5.46. The second-order valence-electron chi connectivity index (χ2n) is 5.20. The molecule has 0 radical (unpaired) electrons. The lowest BCUT2D eigenvalue weighted by molar-refractivity contribution is 0.227. The highest BCUT2D eigenvalue weighted by Crippen LogP contribution is 2.18. The molecule has 0 amide bonds. The number of hydrogen-bond acceptors (Lipinski definition) is 3. The third-order valence-corrected chi connectivity index (χ3v) is 3.75. The Hall–Kier alpha value is -1.86. The molecule has 0 spiro atoms. The van der Waals surface area contributed by atoms with Crippen molar-refractivity contribution in [3.05, 3.63) is 41.7 Å². The summed E-state index contributed by atoms with van der Waals surface area (Å²) in [5.74, 6) is -0.196. The lowest BCUT2D eigenvalue weighted by Gasteiger charge is -2.38. The predicted molar refractivity (Wildman–Crippen MR) is 79.0 cm³/mol. The summed E-state index contributed by atoms with van der Waals surface area (Å²) in [6, 6.07) is 9.11. The standard InChI is InChI=1S/C16H20FN3/c1-13(12-18)11-14(2)19-7-9-20(10-8-19)16-5-3-15(17)4-6-16/h3-6,11,14H,7-10H2,1-2H3/b13-11+. The van der Waals surface area contributed by atoms with E-state index in [1.807, 2.05) is 25.1 Å². The Morgan fingerprint density at radius 1 is 1.25 bits per heavy atom. The molecule has 3 nitrogen and oxygen atoms in total. The average Bonchev–Trinajstić information content (AvgIpc) is 2.48. The van der Waals surface area contributed by atoms with E-state index in [9.17, 15) is 4.39 Å². The Morgan fingerprint density at radius 3 is 2.40 bits per heavy atom. The van der Waals surface area contributed by atoms with Crippen LogP contribution in [-0.4, -0.2) is 37.1 Å². The van der Waals surface area contributed by atoms with Gasteiger partial charge in [-0.1, -0.05) is 6.08 Å². The molecule has 1 fully saturated rings. The van der Waals surface area contributed by atoms with E-state index in [2.05, 4.69) is 22.8 Å². The fourth-order valence-electron chi connectivity index (χ4n) is 2.54. The van der Waals surface area contributed by atoms with Gasteiger partial charge in [-0.2, -0.15) is 5.26 Å². The van der Waals surface area contributed by atoms with Crippen molar-refractivity contribution in [1.29, 1.82) is 5.26 Å². The average molecular weight is 273 g/mol. The summed E-state index contributed by atoms with van der Waals surface area (Å²) in [5, 5.41) is 8.82. The lowest BCUT2D eigenvalue weighted by atomic mass is 10.1. The fourth-order valence-corrected chi connectivity index (χ4v) is 2.54. The van der Waals surface area contributed by atoms with Crippen molar-refractivity contribution in [3.63, 3.8) is 0 Å². The van der Waals surface area contributed by atoms with Gasteiger partial charge in [0.1, 0.15) is 5.82 Å². The zero-order valence-corrected chi connectivity index (χ0v) is 12.0. The molecule has 4 heteroatoms. The van der Waals surface area contributed by atoms with E-state index in [1.165, 1.54) is 12.1 Å². The molecule has 2 rings (SSSR count). The summed E-state index contributed by atoms with van der Waals surface area (Å²) in [6.45, 7) is 7.71. The van der Waals surface area contributed by atoms with Gasteiger partial charge in [0.05, 0.1) is 6.07 Å². The van der Waals surface area contributed by atoms with Gasteiger partial charge in [0.15, 0.2) is 0 Å². The highest BCUT2D eigenvalue weighted by Gasteiger charge is 2.20. The van der Waals surface area contributed by atoms with Crippen molar-refractivity contribution in [2.75, 3.05) is 31.1 Å². The number of anilines is 1.